The molecule has 1 fully saturated rings. The van der Waals surface area contributed by atoms with E-state index in [0.29, 0.717) is 5.34 Å². The van der Waals surface area contributed by atoms with Crippen LogP contribution in [0, 0.1) is 0 Å². The Morgan fingerprint density at radius 2 is 2.00 bits per heavy atom. The molecule has 1 N–H and O–H groups in total. The van der Waals surface area contributed by atoms with Crippen molar-refractivity contribution in [3.8, 4) is 0 Å². The minimum absolute atomic E-state index is 0.620. The Morgan fingerprint density at radius 1 is 1.50 bits per heavy atom. The number of hydrogen-bond acceptors (Lipinski definition) is 6. The fourth-order valence-corrected chi connectivity index (χ4v) is 0.738. The van der Waals surface area contributed by atoms with Crippen molar-refractivity contribution in [1.29, 1.82) is 0 Å². The van der Waals surface area contributed by atoms with Gasteiger partial charge in [0.15, 0.2) is 0 Å². The smallest absolute Gasteiger partial charge is 0.207 e. The number of rotatable bonds is 1. The van der Waals surface area contributed by atoms with E-state index in [9.17, 15) is 8.42 Å². The second-order valence-electron chi connectivity index (χ2n) is 1.04. The van der Waals surface area contributed by atoms with Crippen LogP contribution in [0.5, 0.6) is 0 Å². The highest BCUT2D eigenvalue weighted by molar-refractivity contribution is 7.82. The monoisotopic (exact) mass is 140 g/mol. The molecule has 0 saturated carbocycles. The zero-order valence-corrected chi connectivity index (χ0v) is 4.80. The quantitative estimate of drug-likeness (QED) is 0.480. The van der Waals surface area contributed by atoms with E-state index in [1.54, 1.807) is 0 Å². The van der Waals surface area contributed by atoms with E-state index >= 15 is 0 Å². The zero-order chi connectivity index (χ0) is 6.20. The van der Waals surface area contributed by atoms with Gasteiger partial charge in [-0.25, -0.2) is 5.43 Å². The fraction of sp³-hybridized carbons (Fsp3) is 1.00. The van der Waals surface area contributed by atoms with Gasteiger partial charge in [-0.05, 0) is 0 Å². The summed E-state index contributed by atoms with van der Waals surface area (Å²) in [6.45, 7) is 0. The first kappa shape index (κ1) is 5.92. The summed E-state index contributed by atoms with van der Waals surface area (Å²) in [5, 5.41) is 0.620. The maximum absolute atomic E-state index is 9.93. The van der Waals surface area contributed by atoms with Gasteiger partial charge in [-0.15, -0.1) is 8.57 Å². The molecule has 7 heteroatoms. The molecule has 8 heavy (non-hydrogen) atoms. The highest BCUT2D eigenvalue weighted by Gasteiger charge is 2.34. The molecule has 0 aromatic carbocycles. The largest absolute Gasteiger partial charge is 0.439 e. The standard InChI is InChI=1S/CH4N2O4S/c1-2-3-6-8(4,5)7-3/h2H,1H3. The first-order chi connectivity index (χ1) is 3.64. The number of hydrogen-bond donors (Lipinski definition) is 1. The Bertz CT molecular complexity index is 160. The van der Waals surface area contributed by atoms with Gasteiger partial charge in [-0.2, -0.15) is 8.42 Å². The molecule has 6 nitrogen and oxygen atoms in total. The van der Waals surface area contributed by atoms with Crippen molar-refractivity contribution in [2.24, 2.45) is 0 Å². The molecular formula is CH4N2O4S. The van der Waals surface area contributed by atoms with Crippen LogP contribution in [0.4, 0.5) is 0 Å². The van der Waals surface area contributed by atoms with E-state index in [0.717, 1.165) is 0 Å². The van der Waals surface area contributed by atoms with Crippen molar-refractivity contribution in [1.82, 2.24) is 10.8 Å². The van der Waals surface area contributed by atoms with E-state index in [-0.39, 0.29) is 0 Å². The van der Waals surface area contributed by atoms with Gasteiger partial charge in [0, 0.05) is 12.4 Å². The predicted molar refractivity (Wildman–Crippen MR) is 22.0 cm³/mol. The summed E-state index contributed by atoms with van der Waals surface area (Å²) < 4.78 is 27.8. The molecule has 1 heterocycles. The molecule has 1 aliphatic heterocycles. The van der Waals surface area contributed by atoms with Crippen molar-refractivity contribution < 1.29 is 17.0 Å². The Labute approximate surface area is 46.2 Å². The SMILES string of the molecule is CNN1OS(=O)(=O)O1. The number of nitrogens with zero attached hydrogens (tertiary/aromatic N) is 1. The van der Waals surface area contributed by atoms with Gasteiger partial charge >= 0.3 is 10.4 Å². The summed E-state index contributed by atoms with van der Waals surface area (Å²) >= 11 is 0. The van der Waals surface area contributed by atoms with E-state index in [1.807, 2.05) is 0 Å². The maximum atomic E-state index is 9.93. The minimum Gasteiger partial charge on any atom is -0.207 e. The molecule has 0 bridgehead atoms. The van der Waals surface area contributed by atoms with Crippen LogP contribution in [0.2, 0.25) is 0 Å². The van der Waals surface area contributed by atoms with Crippen molar-refractivity contribution in [2.75, 3.05) is 7.05 Å². The second kappa shape index (κ2) is 1.64. The van der Waals surface area contributed by atoms with Crippen molar-refractivity contribution >= 4 is 10.4 Å². The summed E-state index contributed by atoms with van der Waals surface area (Å²) in [4.78, 5) is 0. The van der Waals surface area contributed by atoms with Crippen molar-refractivity contribution in [3.63, 3.8) is 0 Å². The number of hydrazine groups is 1. The third-order valence-corrected chi connectivity index (χ3v) is 1.14. The van der Waals surface area contributed by atoms with Crippen LogP contribution in [0.25, 0.3) is 0 Å². The van der Waals surface area contributed by atoms with Crippen LogP contribution in [0.1, 0.15) is 0 Å². The average molecular weight is 140 g/mol. The fourth-order valence-electron chi connectivity index (χ4n) is 0.246. The third kappa shape index (κ3) is 0.956. The van der Waals surface area contributed by atoms with Crippen LogP contribution in [0.3, 0.4) is 0 Å². The van der Waals surface area contributed by atoms with Crippen LogP contribution in [-0.4, -0.2) is 20.8 Å². The van der Waals surface area contributed by atoms with E-state index in [1.165, 1.54) is 7.05 Å². The summed E-state index contributed by atoms with van der Waals surface area (Å²) in [6.07, 6.45) is 0. The molecule has 0 radical (unpaired) electrons. The molecule has 0 aromatic heterocycles. The lowest BCUT2D eigenvalue weighted by atomic mass is 11.5. The van der Waals surface area contributed by atoms with Crippen LogP contribution < -0.4 is 5.43 Å². The average Bonchev–Trinajstić information content (AvgIpc) is 1.60. The zero-order valence-electron chi connectivity index (χ0n) is 3.99. The lowest BCUT2D eigenvalue weighted by molar-refractivity contribution is -0.354. The first-order valence-corrected chi connectivity index (χ1v) is 3.09. The van der Waals surface area contributed by atoms with Gasteiger partial charge in [-0.1, -0.05) is 0 Å². The Kier molecular flexibility index (Phi) is 1.21. The summed E-state index contributed by atoms with van der Waals surface area (Å²) in [5.74, 6) is 0. The molecule has 48 valence electrons. The molecule has 0 spiro atoms. The number of nitrogens with one attached hydrogen (secondary N) is 1. The Morgan fingerprint density at radius 3 is 2.12 bits per heavy atom. The normalized spacial score (nSPS) is 27.1. The van der Waals surface area contributed by atoms with Crippen molar-refractivity contribution in [2.45, 2.75) is 0 Å². The van der Waals surface area contributed by atoms with Gasteiger partial charge in [0.1, 0.15) is 0 Å². The molecule has 0 aliphatic carbocycles. The molecule has 0 amide bonds. The van der Waals surface area contributed by atoms with Gasteiger partial charge in [0.2, 0.25) is 0 Å². The van der Waals surface area contributed by atoms with E-state index < -0.39 is 10.4 Å². The summed E-state index contributed by atoms with van der Waals surface area (Å²) in [6, 6.07) is 0. The van der Waals surface area contributed by atoms with Gasteiger partial charge in [0.05, 0.1) is 0 Å². The van der Waals surface area contributed by atoms with Gasteiger partial charge < -0.3 is 0 Å². The topological polar surface area (TPSA) is 67.9 Å². The van der Waals surface area contributed by atoms with Gasteiger partial charge in [0.25, 0.3) is 0 Å². The highest BCUT2D eigenvalue weighted by Crippen LogP contribution is 2.11. The summed E-state index contributed by atoms with van der Waals surface area (Å²) in [7, 11) is -2.23. The van der Waals surface area contributed by atoms with Crippen LogP contribution in [0.15, 0.2) is 0 Å². The van der Waals surface area contributed by atoms with Crippen LogP contribution in [-0.2, 0) is 19.0 Å². The molecular weight excluding hydrogens is 136 g/mol. The Balaban J connectivity index is 2.43. The molecule has 1 rings (SSSR count). The van der Waals surface area contributed by atoms with Gasteiger partial charge in [-0.3, -0.25) is 0 Å². The third-order valence-electron chi connectivity index (χ3n) is 0.501. The lowest BCUT2D eigenvalue weighted by Crippen LogP contribution is -2.48. The molecule has 0 aromatic rings. The van der Waals surface area contributed by atoms with Crippen LogP contribution >= 0.6 is 0 Å². The van der Waals surface area contributed by atoms with E-state index in [2.05, 4.69) is 14.0 Å². The lowest BCUT2D eigenvalue weighted by Gasteiger charge is -2.23. The second-order valence-corrected chi connectivity index (χ2v) is 2.15. The maximum Gasteiger partial charge on any atom is 0.439 e. The Hall–Kier alpha value is -0.210. The predicted octanol–water partition coefficient (Wildman–Crippen LogP) is -1.46. The molecule has 1 saturated heterocycles. The summed E-state index contributed by atoms with van der Waals surface area (Å²) in [5.41, 5.74) is 2.27. The molecule has 0 atom stereocenters. The molecule has 0 unspecified atom stereocenters. The molecule has 1 aliphatic rings. The first-order valence-electron chi connectivity index (χ1n) is 1.76. The minimum atomic E-state index is -3.68. The van der Waals surface area contributed by atoms with Crippen molar-refractivity contribution in [3.05, 3.63) is 0 Å². The highest BCUT2D eigenvalue weighted by atomic mass is 32.3. The van der Waals surface area contributed by atoms with E-state index in [4.69, 9.17) is 0 Å².